The van der Waals surface area contributed by atoms with Gasteiger partial charge in [0.05, 0.1) is 0 Å². The zero-order chi connectivity index (χ0) is 20.4. The number of pyridine rings is 1. The van der Waals surface area contributed by atoms with Crippen LogP contribution < -0.4 is 10.6 Å². The number of aromatic nitrogens is 1. The third-order valence-corrected chi connectivity index (χ3v) is 4.14. The molecule has 1 aromatic heterocycles. The quantitative estimate of drug-likeness (QED) is 0.527. The fraction of sp³-hybridized carbons (Fsp3) is 0.526. The minimum Gasteiger partial charge on any atom is -0.480 e. The van der Waals surface area contributed by atoms with E-state index >= 15 is 0 Å². The predicted molar refractivity (Wildman–Crippen MR) is 98.8 cm³/mol. The maximum absolute atomic E-state index is 12.4. The average Bonchev–Trinajstić information content (AvgIpc) is 2.59. The number of rotatable bonds is 11. The van der Waals surface area contributed by atoms with Crippen molar-refractivity contribution < 1.29 is 24.3 Å². The molecule has 0 aliphatic heterocycles. The SMILES string of the molecule is CC(=O)CC(NC(=O)C(CC(=O)NCCc1ccncc1)C(C)C)C(=O)O. The van der Waals surface area contributed by atoms with Crippen LogP contribution in [0.2, 0.25) is 0 Å². The summed E-state index contributed by atoms with van der Waals surface area (Å²) in [5, 5.41) is 14.3. The maximum atomic E-state index is 12.4. The number of carbonyl (C=O) groups is 4. The van der Waals surface area contributed by atoms with Crippen LogP contribution in [0.5, 0.6) is 0 Å². The van der Waals surface area contributed by atoms with Crippen molar-refractivity contribution in [1.82, 2.24) is 15.6 Å². The van der Waals surface area contributed by atoms with E-state index in [1.165, 1.54) is 6.92 Å². The first-order valence-corrected chi connectivity index (χ1v) is 8.89. The van der Waals surface area contributed by atoms with E-state index in [9.17, 15) is 19.2 Å². The van der Waals surface area contributed by atoms with Crippen molar-refractivity contribution in [2.75, 3.05) is 6.54 Å². The number of aliphatic carboxylic acids is 1. The zero-order valence-corrected chi connectivity index (χ0v) is 15.9. The molecular weight excluding hydrogens is 350 g/mol. The summed E-state index contributed by atoms with van der Waals surface area (Å²) in [4.78, 5) is 50.9. The van der Waals surface area contributed by atoms with Gasteiger partial charge in [0, 0.05) is 37.7 Å². The van der Waals surface area contributed by atoms with Gasteiger partial charge in [-0.2, -0.15) is 0 Å². The maximum Gasteiger partial charge on any atom is 0.326 e. The summed E-state index contributed by atoms with van der Waals surface area (Å²) in [7, 11) is 0. The normalized spacial score (nSPS) is 12.9. The van der Waals surface area contributed by atoms with Gasteiger partial charge in [-0.25, -0.2) is 4.79 Å². The molecule has 0 bridgehead atoms. The molecule has 2 atom stereocenters. The lowest BCUT2D eigenvalue weighted by Crippen LogP contribution is -2.46. The molecule has 1 heterocycles. The highest BCUT2D eigenvalue weighted by Crippen LogP contribution is 2.16. The van der Waals surface area contributed by atoms with Crippen LogP contribution in [-0.2, 0) is 25.6 Å². The largest absolute Gasteiger partial charge is 0.480 e. The van der Waals surface area contributed by atoms with Crippen molar-refractivity contribution in [1.29, 1.82) is 0 Å². The average molecular weight is 377 g/mol. The minimum absolute atomic E-state index is 0.0493. The van der Waals surface area contributed by atoms with Crippen LogP contribution in [0, 0.1) is 11.8 Å². The highest BCUT2D eigenvalue weighted by molar-refractivity contribution is 5.91. The lowest BCUT2D eigenvalue weighted by molar-refractivity contribution is -0.144. The molecule has 2 unspecified atom stereocenters. The van der Waals surface area contributed by atoms with Crippen LogP contribution in [0.15, 0.2) is 24.5 Å². The van der Waals surface area contributed by atoms with Gasteiger partial charge in [0.15, 0.2) is 0 Å². The number of nitrogens with one attached hydrogen (secondary N) is 2. The predicted octanol–water partition coefficient (Wildman–Crippen LogP) is 0.951. The number of ketones is 1. The molecule has 0 saturated carbocycles. The van der Waals surface area contributed by atoms with Crippen molar-refractivity contribution in [3.63, 3.8) is 0 Å². The minimum atomic E-state index is -1.29. The molecule has 27 heavy (non-hydrogen) atoms. The Morgan fingerprint density at radius 3 is 2.26 bits per heavy atom. The lowest BCUT2D eigenvalue weighted by atomic mass is 9.90. The number of carbonyl (C=O) groups excluding carboxylic acids is 3. The van der Waals surface area contributed by atoms with E-state index < -0.39 is 23.8 Å². The van der Waals surface area contributed by atoms with E-state index in [4.69, 9.17) is 5.11 Å². The summed E-state index contributed by atoms with van der Waals surface area (Å²) in [5.74, 6) is -3.28. The Bertz CT molecular complexity index is 661. The number of Topliss-reactive ketones (excluding diaryl/α,β-unsaturated/α-hetero) is 1. The summed E-state index contributed by atoms with van der Waals surface area (Å²) in [6, 6.07) is 2.43. The van der Waals surface area contributed by atoms with Crippen LogP contribution in [-0.4, -0.2) is 46.2 Å². The van der Waals surface area contributed by atoms with Crippen molar-refractivity contribution in [3.05, 3.63) is 30.1 Å². The van der Waals surface area contributed by atoms with Gasteiger partial charge in [0.2, 0.25) is 11.8 Å². The van der Waals surface area contributed by atoms with Crippen LogP contribution in [0.3, 0.4) is 0 Å². The van der Waals surface area contributed by atoms with Gasteiger partial charge >= 0.3 is 5.97 Å². The fourth-order valence-electron chi connectivity index (χ4n) is 2.57. The first-order valence-electron chi connectivity index (χ1n) is 8.89. The van der Waals surface area contributed by atoms with E-state index in [1.54, 1.807) is 26.2 Å². The highest BCUT2D eigenvalue weighted by Gasteiger charge is 2.29. The standard InChI is InChI=1S/C19H27N3O5/c1-12(2)15(18(25)22-16(19(26)27)10-13(3)23)11-17(24)21-9-6-14-4-7-20-8-5-14/h4-5,7-8,12,15-16H,6,9-11H2,1-3H3,(H,21,24)(H,22,25)(H,26,27). The smallest absolute Gasteiger partial charge is 0.326 e. The Morgan fingerprint density at radius 2 is 1.74 bits per heavy atom. The summed E-state index contributed by atoms with van der Waals surface area (Å²) in [6.07, 6.45) is 3.66. The van der Waals surface area contributed by atoms with Crippen molar-refractivity contribution >= 4 is 23.6 Å². The zero-order valence-electron chi connectivity index (χ0n) is 15.9. The highest BCUT2D eigenvalue weighted by atomic mass is 16.4. The van der Waals surface area contributed by atoms with Gasteiger partial charge in [-0.15, -0.1) is 0 Å². The van der Waals surface area contributed by atoms with Gasteiger partial charge in [-0.3, -0.25) is 19.4 Å². The van der Waals surface area contributed by atoms with Gasteiger partial charge in [-0.05, 0) is 37.0 Å². The summed E-state index contributed by atoms with van der Waals surface area (Å²) in [5.41, 5.74) is 1.04. The van der Waals surface area contributed by atoms with Crippen molar-refractivity contribution in [2.45, 2.75) is 46.1 Å². The van der Waals surface area contributed by atoms with E-state index in [2.05, 4.69) is 15.6 Å². The molecule has 0 saturated heterocycles. The molecule has 0 aliphatic rings. The molecule has 3 N–H and O–H groups in total. The van der Waals surface area contributed by atoms with E-state index in [0.717, 1.165) is 5.56 Å². The lowest BCUT2D eigenvalue weighted by Gasteiger charge is -2.22. The third-order valence-electron chi connectivity index (χ3n) is 4.14. The topological polar surface area (TPSA) is 125 Å². The van der Waals surface area contributed by atoms with Crippen molar-refractivity contribution in [3.8, 4) is 0 Å². The Morgan fingerprint density at radius 1 is 1.11 bits per heavy atom. The van der Waals surface area contributed by atoms with E-state index in [0.29, 0.717) is 13.0 Å². The van der Waals surface area contributed by atoms with Crippen LogP contribution in [0.1, 0.15) is 39.2 Å². The Kier molecular flexibility index (Phi) is 9.12. The number of hydrogen-bond donors (Lipinski definition) is 3. The molecule has 2 amide bonds. The Balaban J connectivity index is 2.58. The van der Waals surface area contributed by atoms with Crippen LogP contribution in [0.4, 0.5) is 0 Å². The number of nitrogens with zero attached hydrogens (tertiary/aromatic N) is 1. The monoisotopic (exact) mass is 377 g/mol. The summed E-state index contributed by atoms with van der Waals surface area (Å²) >= 11 is 0. The molecule has 0 aromatic carbocycles. The molecule has 1 aromatic rings. The molecule has 0 radical (unpaired) electrons. The van der Waals surface area contributed by atoms with Gasteiger partial charge in [-0.1, -0.05) is 13.8 Å². The van der Waals surface area contributed by atoms with Crippen LogP contribution in [0.25, 0.3) is 0 Å². The van der Waals surface area contributed by atoms with Crippen molar-refractivity contribution in [2.24, 2.45) is 11.8 Å². The van der Waals surface area contributed by atoms with E-state index in [-0.39, 0.29) is 30.4 Å². The number of hydrogen-bond acceptors (Lipinski definition) is 5. The van der Waals surface area contributed by atoms with Crippen LogP contribution >= 0.6 is 0 Å². The fourth-order valence-corrected chi connectivity index (χ4v) is 2.57. The van der Waals surface area contributed by atoms with Gasteiger partial charge < -0.3 is 15.7 Å². The molecule has 0 aliphatic carbocycles. The first-order chi connectivity index (χ1) is 12.7. The number of amides is 2. The van der Waals surface area contributed by atoms with E-state index in [1.807, 2.05) is 12.1 Å². The number of carboxylic acids is 1. The molecule has 1 rings (SSSR count). The molecule has 8 heteroatoms. The molecule has 0 fully saturated rings. The second-order valence-electron chi connectivity index (χ2n) is 6.82. The molecule has 8 nitrogen and oxygen atoms in total. The Labute approximate surface area is 158 Å². The van der Waals surface area contributed by atoms with Gasteiger partial charge in [0.25, 0.3) is 0 Å². The first kappa shape index (κ1) is 22.3. The summed E-state index contributed by atoms with van der Waals surface area (Å²) in [6.45, 7) is 5.26. The molecule has 148 valence electrons. The molecule has 0 spiro atoms. The van der Waals surface area contributed by atoms with Gasteiger partial charge in [0.1, 0.15) is 11.8 Å². The number of carboxylic acid groups (broad SMARTS) is 1. The second kappa shape index (κ2) is 11.1. The third kappa shape index (κ3) is 8.44. The second-order valence-corrected chi connectivity index (χ2v) is 6.82. The Hall–Kier alpha value is -2.77. The molecular formula is C19H27N3O5. The summed E-state index contributed by atoms with van der Waals surface area (Å²) < 4.78 is 0.